The van der Waals surface area contributed by atoms with Crippen molar-refractivity contribution in [1.29, 1.82) is 0 Å². The van der Waals surface area contributed by atoms with Gasteiger partial charge >= 0.3 is 0 Å². The molecule has 1 saturated carbocycles. The van der Waals surface area contributed by atoms with Crippen LogP contribution in [0.15, 0.2) is 37.4 Å². The molecule has 98 valence electrons. The minimum Gasteiger partial charge on any atom is -0.309 e. The Labute approximate surface area is 114 Å². The zero-order chi connectivity index (χ0) is 12.8. The van der Waals surface area contributed by atoms with Crippen molar-refractivity contribution in [2.24, 2.45) is 0 Å². The normalized spacial score (nSPS) is 14.9. The van der Waals surface area contributed by atoms with Gasteiger partial charge in [0, 0.05) is 42.0 Å². The van der Waals surface area contributed by atoms with Crippen molar-refractivity contribution in [3.63, 3.8) is 0 Å². The van der Waals surface area contributed by atoms with Crippen molar-refractivity contribution < 1.29 is 0 Å². The maximum absolute atomic E-state index is 3.80. The Kier molecular flexibility index (Phi) is 5.17. The van der Waals surface area contributed by atoms with Crippen molar-refractivity contribution in [2.75, 3.05) is 13.1 Å². The third kappa shape index (κ3) is 4.41. The molecule has 0 bridgehead atoms. The molecule has 3 heteroatoms. The van der Waals surface area contributed by atoms with Gasteiger partial charge in [-0.3, -0.25) is 4.90 Å². The predicted molar refractivity (Wildman–Crippen MR) is 79.9 cm³/mol. The van der Waals surface area contributed by atoms with E-state index in [0.717, 1.165) is 32.2 Å². The minimum atomic E-state index is 0.786. The fraction of sp³-hybridized carbons (Fsp3) is 0.467. The lowest BCUT2D eigenvalue weighted by Crippen LogP contribution is -2.22. The molecule has 1 aromatic rings. The van der Waals surface area contributed by atoms with Crippen molar-refractivity contribution in [1.82, 2.24) is 10.2 Å². The van der Waals surface area contributed by atoms with Crippen LogP contribution < -0.4 is 5.32 Å². The maximum Gasteiger partial charge on any atom is 0.0334 e. The summed E-state index contributed by atoms with van der Waals surface area (Å²) in [5.41, 5.74) is 0. The van der Waals surface area contributed by atoms with E-state index in [1.165, 1.54) is 22.6 Å². The van der Waals surface area contributed by atoms with Gasteiger partial charge < -0.3 is 5.32 Å². The van der Waals surface area contributed by atoms with Gasteiger partial charge in [-0.05, 0) is 25.0 Å². The lowest BCUT2D eigenvalue weighted by molar-refractivity contribution is 0.331. The van der Waals surface area contributed by atoms with E-state index in [2.05, 4.69) is 35.5 Å². The van der Waals surface area contributed by atoms with Crippen molar-refractivity contribution >= 4 is 11.3 Å². The molecule has 2 nitrogen and oxygen atoms in total. The van der Waals surface area contributed by atoms with Crippen molar-refractivity contribution in [3.8, 4) is 0 Å². The molecule has 1 fully saturated rings. The molecule has 0 spiro atoms. The quantitative estimate of drug-likeness (QED) is 0.688. The van der Waals surface area contributed by atoms with Crippen molar-refractivity contribution in [2.45, 2.75) is 32.0 Å². The number of hydrogen-bond acceptors (Lipinski definition) is 3. The summed E-state index contributed by atoms with van der Waals surface area (Å²) in [6.45, 7) is 11.5. The van der Waals surface area contributed by atoms with Crippen molar-refractivity contribution in [3.05, 3.63) is 47.2 Å². The molecule has 0 radical (unpaired) electrons. The summed E-state index contributed by atoms with van der Waals surface area (Å²) < 4.78 is 0. The highest BCUT2D eigenvalue weighted by Gasteiger charge is 2.20. The molecule has 0 aromatic carbocycles. The molecule has 1 aliphatic carbocycles. The first-order valence-electron chi connectivity index (χ1n) is 6.57. The number of rotatable bonds is 9. The Hall–Kier alpha value is -0.900. The van der Waals surface area contributed by atoms with Crippen LogP contribution in [-0.2, 0) is 13.1 Å². The van der Waals surface area contributed by atoms with E-state index in [1.54, 1.807) is 0 Å². The fourth-order valence-corrected chi connectivity index (χ4v) is 2.94. The summed E-state index contributed by atoms with van der Waals surface area (Å²) >= 11 is 1.91. The second-order valence-corrected chi connectivity index (χ2v) is 6.05. The molecule has 1 aromatic heterocycles. The lowest BCUT2D eigenvalue weighted by Gasteiger charge is -2.17. The van der Waals surface area contributed by atoms with Crippen LogP contribution in [0, 0.1) is 0 Å². The fourth-order valence-electron chi connectivity index (χ4n) is 1.92. The zero-order valence-corrected chi connectivity index (χ0v) is 11.7. The van der Waals surface area contributed by atoms with Crippen LogP contribution >= 0.6 is 11.3 Å². The lowest BCUT2D eigenvalue weighted by atomic mass is 10.3. The van der Waals surface area contributed by atoms with Gasteiger partial charge in [0.05, 0.1) is 0 Å². The number of nitrogens with zero attached hydrogens (tertiary/aromatic N) is 1. The zero-order valence-electron chi connectivity index (χ0n) is 10.9. The third-order valence-corrected chi connectivity index (χ3v) is 4.08. The van der Waals surface area contributed by atoms with E-state index in [4.69, 9.17) is 0 Å². The van der Waals surface area contributed by atoms with Crippen LogP contribution in [0.4, 0.5) is 0 Å². The minimum absolute atomic E-state index is 0.786. The van der Waals surface area contributed by atoms with Gasteiger partial charge in [-0.2, -0.15) is 0 Å². The van der Waals surface area contributed by atoms with Crippen LogP contribution in [0.25, 0.3) is 0 Å². The molecule has 0 amide bonds. The van der Waals surface area contributed by atoms with Gasteiger partial charge in [-0.1, -0.05) is 12.2 Å². The third-order valence-electron chi connectivity index (χ3n) is 3.01. The van der Waals surface area contributed by atoms with E-state index in [9.17, 15) is 0 Å². The first-order valence-corrected chi connectivity index (χ1v) is 7.38. The Bertz CT molecular complexity index is 383. The molecular formula is C15H22N2S. The highest BCUT2D eigenvalue weighted by molar-refractivity contribution is 7.11. The van der Waals surface area contributed by atoms with Gasteiger partial charge in [-0.15, -0.1) is 24.5 Å². The number of nitrogens with one attached hydrogen (secondary N) is 1. The topological polar surface area (TPSA) is 15.3 Å². The van der Waals surface area contributed by atoms with Crippen LogP contribution in [0.3, 0.4) is 0 Å². The number of thiophene rings is 1. The van der Waals surface area contributed by atoms with Crippen LogP contribution in [-0.4, -0.2) is 24.0 Å². The molecule has 0 aliphatic heterocycles. The molecular weight excluding hydrogens is 240 g/mol. The second kappa shape index (κ2) is 6.88. The van der Waals surface area contributed by atoms with Gasteiger partial charge in [0.1, 0.15) is 0 Å². The SMILES string of the molecule is C=CCN(CC=C)Cc1ccc(CNC2CC2)s1. The molecule has 0 unspecified atom stereocenters. The summed E-state index contributed by atoms with van der Waals surface area (Å²) in [6.07, 6.45) is 6.61. The molecule has 18 heavy (non-hydrogen) atoms. The predicted octanol–water partition coefficient (Wildman–Crippen LogP) is 3.17. The Morgan fingerprint density at radius 1 is 1.22 bits per heavy atom. The first kappa shape index (κ1) is 13.5. The average Bonchev–Trinajstić information content (AvgIpc) is 3.08. The van der Waals surface area contributed by atoms with E-state index in [1.807, 2.05) is 23.5 Å². The van der Waals surface area contributed by atoms with E-state index in [0.29, 0.717) is 0 Å². The summed E-state index contributed by atoms with van der Waals surface area (Å²) in [4.78, 5) is 5.20. The molecule has 2 rings (SSSR count). The van der Waals surface area contributed by atoms with Crippen LogP contribution in [0.2, 0.25) is 0 Å². The molecule has 0 atom stereocenters. The van der Waals surface area contributed by atoms with E-state index >= 15 is 0 Å². The van der Waals surface area contributed by atoms with Gasteiger partial charge in [0.25, 0.3) is 0 Å². The maximum atomic E-state index is 3.80. The molecule has 1 aliphatic rings. The number of hydrogen-bond donors (Lipinski definition) is 1. The van der Waals surface area contributed by atoms with E-state index < -0.39 is 0 Å². The first-order chi connectivity index (χ1) is 8.81. The Morgan fingerprint density at radius 3 is 2.50 bits per heavy atom. The largest absolute Gasteiger partial charge is 0.309 e. The monoisotopic (exact) mass is 262 g/mol. The highest BCUT2D eigenvalue weighted by Crippen LogP contribution is 2.22. The van der Waals surface area contributed by atoms with Gasteiger partial charge in [0.15, 0.2) is 0 Å². The summed E-state index contributed by atoms with van der Waals surface area (Å²) in [7, 11) is 0. The Morgan fingerprint density at radius 2 is 1.89 bits per heavy atom. The average molecular weight is 262 g/mol. The molecule has 1 heterocycles. The summed E-state index contributed by atoms with van der Waals surface area (Å²) in [6, 6.07) is 5.27. The van der Waals surface area contributed by atoms with Crippen LogP contribution in [0.1, 0.15) is 22.6 Å². The van der Waals surface area contributed by atoms with Gasteiger partial charge in [0.2, 0.25) is 0 Å². The summed E-state index contributed by atoms with van der Waals surface area (Å²) in [5, 5.41) is 3.55. The van der Waals surface area contributed by atoms with Crippen LogP contribution in [0.5, 0.6) is 0 Å². The second-order valence-electron chi connectivity index (χ2n) is 4.79. The van der Waals surface area contributed by atoms with E-state index in [-0.39, 0.29) is 0 Å². The highest BCUT2D eigenvalue weighted by atomic mass is 32.1. The standard InChI is InChI=1S/C15H22N2S/c1-3-9-17(10-4-2)12-15-8-7-14(18-15)11-16-13-5-6-13/h3-4,7-8,13,16H,1-2,5-6,9-12H2. The molecule has 0 saturated heterocycles. The van der Waals surface area contributed by atoms with Gasteiger partial charge in [-0.25, -0.2) is 0 Å². The molecule has 1 N–H and O–H groups in total. The smallest absolute Gasteiger partial charge is 0.0334 e. The summed E-state index contributed by atoms with van der Waals surface area (Å²) in [5.74, 6) is 0. The Balaban J connectivity index is 1.82.